The van der Waals surface area contributed by atoms with Gasteiger partial charge in [-0.3, -0.25) is 4.79 Å². The zero-order chi connectivity index (χ0) is 19.3. The Morgan fingerprint density at radius 2 is 1.85 bits per heavy atom. The number of furan rings is 1. The third kappa shape index (κ3) is 5.44. The van der Waals surface area contributed by atoms with Gasteiger partial charge in [0.1, 0.15) is 5.76 Å². The maximum absolute atomic E-state index is 12.5. The van der Waals surface area contributed by atoms with Crippen LogP contribution in [0.25, 0.3) is 0 Å². The van der Waals surface area contributed by atoms with Gasteiger partial charge in [0.05, 0.1) is 11.2 Å². The molecular weight excluding hydrogens is 352 g/mol. The molecule has 0 saturated heterocycles. The summed E-state index contributed by atoms with van der Waals surface area (Å²) in [5, 5.41) is 2.84. The van der Waals surface area contributed by atoms with Crippen LogP contribution in [0.3, 0.4) is 0 Å². The van der Waals surface area contributed by atoms with E-state index in [0.717, 1.165) is 11.3 Å². The van der Waals surface area contributed by atoms with Gasteiger partial charge in [0, 0.05) is 25.4 Å². The molecule has 0 aliphatic carbocycles. The second kappa shape index (κ2) is 8.51. The zero-order valence-electron chi connectivity index (χ0n) is 15.6. The van der Waals surface area contributed by atoms with Crippen molar-refractivity contribution in [2.24, 2.45) is 0 Å². The van der Waals surface area contributed by atoms with Crippen molar-refractivity contribution in [3.8, 4) is 0 Å². The molecule has 0 spiro atoms. The number of carbonyl (C=O) groups is 1. The van der Waals surface area contributed by atoms with E-state index in [1.807, 2.05) is 32.0 Å². The minimum Gasteiger partial charge on any atom is -0.469 e. The Balaban J connectivity index is 1.87. The van der Waals surface area contributed by atoms with Crippen molar-refractivity contribution in [3.05, 3.63) is 53.0 Å². The lowest BCUT2D eigenvalue weighted by molar-refractivity contribution is -0.121. The van der Waals surface area contributed by atoms with Crippen LogP contribution < -0.4 is 10.0 Å². The molecule has 1 heterocycles. The fraction of sp³-hybridized carbons (Fsp3) is 0.421. The molecule has 142 valence electrons. The van der Waals surface area contributed by atoms with Crippen molar-refractivity contribution in [1.82, 2.24) is 10.0 Å². The Kier molecular flexibility index (Phi) is 6.61. The highest BCUT2D eigenvalue weighted by molar-refractivity contribution is 7.89. The highest BCUT2D eigenvalue weighted by Crippen LogP contribution is 2.21. The third-order valence-corrected chi connectivity index (χ3v) is 5.78. The zero-order valence-corrected chi connectivity index (χ0v) is 16.4. The summed E-state index contributed by atoms with van der Waals surface area (Å²) in [6.45, 7) is 7.41. The van der Waals surface area contributed by atoms with Gasteiger partial charge in [-0.15, -0.1) is 0 Å². The van der Waals surface area contributed by atoms with Crippen molar-refractivity contribution in [2.45, 2.75) is 51.5 Å². The molecule has 1 atom stereocenters. The standard InChI is InChI=1S/C19H26N2O4S/c1-13-10-14(2)19(15(3)11-13)26(23,24)20-8-7-18(22)21-16(4)12-17-6-5-9-25-17/h5-6,9-11,16,20H,7-8,12H2,1-4H3,(H,21,22). The van der Waals surface area contributed by atoms with Crippen LogP contribution in [0.2, 0.25) is 0 Å². The van der Waals surface area contributed by atoms with Crippen molar-refractivity contribution < 1.29 is 17.6 Å². The SMILES string of the molecule is Cc1cc(C)c(S(=O)(=O)NCCC(=O)NC(C)Cc2ccco2)c(C)c1. The molecule has 2 rings (SSSR count). The van der Waals surface area contributed by atoms with E-state index in [0.29, 0.717) is 17.5 Å². The summed E-state index contributed by atoms with van der Waals surface area (Å²) in [6, 6.07) is 7.23. The average molecular weight is 378 g/mol. The van der Waals surface area contributed by atoms with Gasteiger partial charge in [-0.05, 0) is 51.0 Å². The van der Waals surface area contributed by atoms with Crippen molar-refractivity contribution in [1.29, 1.82) is 0 Å². The number of rotatable bonds is 8. The molecule has 26 heavy (non-hydrogen) atoms. The van der Waals surface area contributed by atoms with E-state index in [9.17, 15) is 13.2 Å². The molecule has 0 saturated carbocycles. The maximum Gasteiger partial charge on any atom is 0.241 e. The van der Waals surface area contributed by atoms with Gasteiger partial charge < -0.3 is 9.73 Å². The lowest BCUT2D eigenvalue weighted by atomic mass is 10.1. The van der Waals surface area contributed by atoms with E-state index >= 15 is 0 Å². The molecule has 0 aliphatic heterocycles. The number of nitrogens with one attached hydrogen (secondary N) is 2. The van der Waals surface area contributed by atoms with Crippen LogP contribution in [0, 0.1) is 20.8 Å². The first-order chi connectivity index (χ1) is 12.2. The monoisotopic (exact) mass is 378 g/mol. The van der Waals surface area contributed by atoms with Crippen LogP contribution in [0.5, 0.6) is 0 Å². The van der Waals surface area contributed by atoms with E-state index in [-0.39, 0.29) is 29.8 Å². The van der Waals surface area contributed by atoms with Gasteiger partial charge in [-0.1, -0.05) is 17.7 Å². The molecule has 0 aliphatic rings. The molecule has 0 bridgehead atoms. The number of benzene rings is 1. The predicted molar refractivity (Wildman–Crippen MR) is 100 cm³/mol. The first-order valence-electron chi connectivity index (χ1n) is 8.58. The summed E-state index contributed by atoms with van der Waals surface area (Å²) in [5.74, 6) is 0.591. The van der Waals surface area contributed by atoms with Crippen molar-refractivity contribution in [3.63, 3.8) is 0 Å². The Hall–Kier alpha value is -2.12. The number of sulfonamides is 1. The van der Waals surface area contributed by atoms with Crippen LogP contribution in [0.1, 0.15) is 35.8 Å². The summed E-state index contributed by atoms with van der Waals surface area (Å²) < 4.78 is 32.9. The number of amides is 1. The molecule has 1 aromatic carbocycles. The fourth-order valence-corrected chi connectivity index (χ4v) is 4.57. The second-order valence-electron chi connectivity index (χ2n) is 6.63. The third-order valence-electron chi connectivity index (χ3n) is 4.01. The van der Waals surface area contributed by atoms with Crippen LogP contribution in [0.4, 0.5) is 0 Å². The van der Waals surface area contributed by atoms with Crippen molar-refractivity contribution >= 4 is 15.9 Å². The Bertz CT molecular complexity index is 835. The summed E-state index contributed by atoms with van der Waals surface area (Å²) in [5.41, 5.74) is 2.42. The smallest absolute Gasteiger partial charge is 0.241 e. The van der Waals surface area contributed by atoms with Crippen molar-refractivity contribution in [2.75, 3.05) is 6.54 Å². The van der Waals surface area contributed by atoms with Gasteiger partial charge in [0.15, 0.2) is 0 Å². The molecule has 0 fully saturated rings. The molecule has 0 radical (unpaired) electrons. The van der Waals surface area contributed by atoms with E-state index in [1.165, 1.54) is 0 Å². The predicted octanol–water partition coefficient (Wildman–Crippen LogP) is 2.62. The molecule has 2 aromatic rings. The maximum atomic E-state index is 12.5. The van der Waals surface area contributed by atoms with E-state index in [4.69, 9.17) is 4.42 Å². The molecular formula is C19H26N2O4S. The number of hydrogen-bond acceptors (Lipinski definition) is 4. The molecule has 1 aromatic heterocycles. The van der Waals surface area contributed by atoms with Gasteiger partial charge >= 0.3 is 0 Å². The normalized spacial score (nSPS) is 12.8. The molecule has 2 N–H and O–H groups in total. The Morgan fingerprint density at radius 3 is 2.42 bits per heavy atom. The lowest BCUT2D eigenvalue weighted by Crippen LogP contribution is -2.36. The fourth-order valence-electron chi connectivity index (χ4n) is 3.09. The summed E-state index contributed by atoms with van der Waals surface area (Å²) in [7, 11) is -3.65. The van der Waals surface area contributed by atoms with Gasteiger partial charge in [0.25, 0.3) is 0 Å². The Morgan fingerprint density at radius 1 is 1.19 bits per heavy atom. The van der Waals surface area contributed by atoms with Crippen LogP contribution >= 0.6 is 0 Å². The summed E-state index contributed by atoms with van der Waals surface area (Å²) >= 11 is 0. The number of aryl methyl sites for hydroxylation is 3. The van der Waals surface area contributed by atoms with E-state index < -0.39 is 10.0 Å². The topological polar surface area (TPSA) is 88.4 Å². The Labute approximate surface area is 155 Å². The largest absolute Gasteiger partial charge is 0.469 e. The first-order valence-corrected chi connectivity index (χ1v) is 10.1. The van der Waals surface area contributed by atoms with Gasteiger partial charge in [-0.25, -0.2) is 13.1 Å². The summed E-state index contributed by atoms with van der Waals surface area (Å²) in [6.07, 6.45) is 2.26. The van der Waals surface area contributed by atoms with Gasteiger partial charge in [-0.2, -0.15) is 0 Å². The lowest BCUT2D eigenvalue weighted by Gasteiger charge is -2.14. The highest BCUT2D eigenvalue weighted by Gasteiger charge is 2.20. The number of carbonyl (C=O) groups excluding carboxylic acids is 1. The van der Waals surface area contributed by atoms with Gasteiger partial charge in [0.2, 0.25) is 15.9 Å². The summed E-state index contributed by atoms with van der Waals surface area (Å²) in [4.78, 5) is 12.3. The molecule has 1 amide bonds. The van der Waals surface area contributed by atoms with Crippen LogP contribution in [-0.4, -0.2) is 26.9 Å². The van der Waals surface area contributed by atoms with E-state index in [2.05, 4.69) is 10.0 Å². The van der Waals surface area contributed by atoms with Crippen LogP contribution in [-0.2, 0) is 21.2 Å². The molecule has 1 unspecified atom stereocenters. The minimum atomic E-state index is -3.65. The second-order valence-corrected chi connectivity index (χ2v) is 8.33. The minimum absolute atomic E-state index is 0.0500. The highest BCUT2D eigenvalue weighted by atomic mass is 32.2. The van der Waals surface area contributed by atoms with E-state index in [1.54, 1.807) is 26.2 Å². The first kappa shape index (κ1) is 20.2. The molecule has 6 nitrogen and oxygen atoms in total. The average Bonchev–Trinajstić information content (AvgIpc) is 2.97. The molecule has 7 heteroatoms. The van der Waals surface area contributed by atoms with Crippen LogP contribution in [0.15, 0.2) is 39.8 Å². The quantitative estimate of drug-likeness (QED) is 0.739. The number of hydrogen-bond donors (Lipinski definition) is 2.